The molecule has 1 aromatic carbocycles. The molecule has 0 bridgehead atoms. The third-order valence-electron chi connectivity index (χ3n) is 2.36. The van der Waals surface area contributed by atoms with Gasteiger partial charge in [0.15, 0.2) is 0 Å². The van der Waals surface area contributed by atoms with Crippen LogP contribution in [0, 0.1) is 6.92 Å². The normalized spacial score (nSPS) is 12.7. The van der Waals surface area contributed by atoms with Crippen molar-refractivity contribution in [2.45, 2.75) is 20.3 Å². The van der Waals surface area contributed by atoms with E-state index in [1.807, 2.05) is 19.1 Å². The van der Waals surface area contributed by atoms with Crippen molar-refractivity contribution in [1.29, 1.82) is 0 Å². The van der Waals surface area contributed by atoms with E-state index in [1.54, 1.807) is 0 Å². The number of benzene rings is 1. The molecule has 2 rings (SSSR count). The summed E-state index contributed by atoms with van der Waals surface area (Å²) in [6.07, 6.45) is 5.17. The van der Waals surface area contributed by atoms with E-state index in [-0.39, 0.29) is 5.97 Å². The Kier molecular flexibility index (Phi) is 2.12. The topological polar surface area (TPSA) is 26.3 Å². The molecule has 2 nitrogen and oxygen atoms in total. The lowest BCUT2D eigenvalue weighted by Crippen LogP contribution is -2.02. The Hall–Kier alpha value is -1.57. The molecule has 0 atom stereocenters. The third-order valence-corrected chi connectivity index (χ3v) is 2.36. The monoisotopic (exact) mass is 188 g/mol. The Morgan fingerprint density at radius 3 is 2.93 bits per heavy atom. The minimum Gasteiger partial charge on any atom is -0.427 e. The van der Waals surface area contributed by atoms with Crippen molar-refractivity contribution >= 4 is 12.0 Å². The average Bonchev–Trinajstić information content (AvgIpc) is 2.50. The fraction of sp³-hybridized carbons (Fsp3) is 0.250. The maximum absolute atomic E-state index is 10.8. The van der Waals surface area contributed by atoms with E-state index in [0.717, 1.165) is 6.42 Å². The minimum atomic E-state index is -0.272. The highest BCUT2D eigenvalue weighted by molar-refractivity contribution is 5.71. The fourth-order valence-corrected chi connectivity index (χ4v) is 1.77. The van der Waals surface area contributed by atoms with Crippen molar-refractivity contribution in [1.82, 2.24) is 0 Å². The van der Waals surface area contributed by atoms with Gasteiger partial charge in [-0.15, -0.1) is 0 Å². The summed E-state index contributed by atoms with van der Waals surface area (Å²) in [6.45, 7) is 3.46. The van der Waals surface area contributed by atoms with Gasteiger partial charge in [-0.2, -0.15) is 0 Å². The first kappa shape index (κ1) is 9.00. The molecule has 1 aromatic rings. The van der Waals surface area contributed by atoms with Crippen molar-refractivity contribution in [3.8, 4) is 5.75 Å². The second-order valence-corrected chi connectivity index (χ2v) is 3.51. The predicted molar refractivity (Wildman–Crippen MR) is 55.2 cm³/mol. The van der Waals surface area contributed by atoms with E-state index in [1.165, 1.54) is 23.6 Å². The summed E-state index contributed by atoms with van der Waals surface area (Å²) in [7, 11) is 0. The highest BCUT2D eigenvalue weighted by Gasteiger charge is 2.10. The Morgan fingerprint density at radius 1 is 1.43 bits per heavy atom. The molecule has 0 radical (unpaired) electrons. The molecule has 0 N–H and O–H groups in total. The quantitative estimate of drug-likeness (QED) is 0.500. The van der Waals surface area contributed by atoms with Gasteiger partial charge in [0.2, 0.25) is 0 Å². The van der Waals surface area contributed by atoms with Crippen LogP contribution in [0.3, 0.4) is 0 Å². The maximum Gasteiger partial charge on any atom is 0.308 e. The number of aryl methyl sites for hydroxylation is 1. The Labute approximate surface area is 83.2 Å². The second-order valence-electron chi connectivity index (χ2n) is 3.51. The largest absolute Gasteiger partial charge is 0.427 e. The van der Waals surface area contributed by atoms with Crippen molar-refractivity contribution in [2.75, 3.05) is 0 Å². The van der Waals surface area contributed by atoms with E-state index >= 15 is 0 Å². The predicted octanol–water partition coefficient (Wildman–Crippen LogP) is 2.49. The van der Waals surface area contributed by atoms with Gasteiger partial charge in [-0.3, -0.25) is 4.79 Å². The molecule has 72 valence electrons. The van der Waals surface area contributed by atoms with Gasteiger partial charge in [0.05, 0.1) is 0 Å². The first-order valence-corrected chi connectivity index (χ1v) is 4.65. The van der Waals surface area contributed by atoms with Crippen LogP contribution in [0.4, 0.5) is 0 Å². The molecule has 0 saturated heterocycles. The number of fused-ring (bicyclic) bond motifs is 1. The van der Waals surface area contributed by atoms with Crippen LogP contribution in [0.1, 0.15) is 23.6 Å². The lowest BCUT2D eigenvalue weighted by molar-refractivity contribution is -0.131. The van der Waals surface area contributed by atoms with Crippen LogP contribution in [-0.2, 0) is 11.2 Å². The number of allylic oxidation sites excluding steroid dienone is 1. The summed E-state index contributed by atoms with van der Waals surface area (Å²) in [6, 6.07) is 3.82. The van der Waals surface area contributed by atoms with E-state index in [2.05, 4.69) is 12.2 Å². The van der Waals surface area contributed by atoms with Crippen LogP contribution < -0.4 is 4.74 Å². The number of ether oxygens (including phenoxy) is 1. The van der Waals surface area contributed by atoms with Gasteiger partial charge in [0.1, 0.15) is 5.75 Å². The zero-order chi connectivity index (χ0) is 10.1. The Balaban J connectivity index is 2.40. The van der Waals surface area contributed by atoms with Gasteiger partial charge in [-0.25, -0.2) is 0 Å². The lowest BCUT2D eigenvalue weighted by Gasteiger charge is -2.07. The van der Waals surface area contributed by atoms with E-state index in [9.17, 15) is 4.79 Å². The molecule has 14 heavy (non-hydrogen) atoms. The van der Waals surface area contributed by atoms with Crippen molar-refractivity contribution in [3.05, 3.63) is 34.9 Å². The molecule has 0 aliphatic heterocycles. The lowest BCUT2D eigenvalue weighted by atomic mass is 10.0. The van der Waals surface area contributed by atoms with Gasteiger partial charge in [-0.05, 0) is 42.2 Å². The highest BCUT2D eigenvalue weighted by atomic mass is 16.5. The van der Waals surface area contributed by atoms with Crippen LogP contribution in [0.15, 0.2) is 18.2 Å². The van der Waals surface area contributed by atoms with E-state index in [0.29, 0.717) is 5.75 Å². The number of carbonyl (C=O) groups excluding carboxylic acids is 1. The molecular weight excluding hydrogens is 176 g/mol. The number of carbonyl (C=O) groups is 1. The van der Waals surface area contributed by atoms with Gasteiger partial charge in [-0.1, -0.05) is 12.2 Å². The molecular formula is C12H12O2. The molecule has 0 spiro atoms. The SMILES string of the molecule is CC(=O)Oc1cc(C)c2c(c1)C=CC2. The molecule has 1 aliphatic carbocycles. The molecule has 0 fully saturated rings. The maximum atomic E-state index is 10.8. The molecule has 0 amide bonds. The summed E-state index contributed by atoms with van der Waals surface area (Å²) >= 11 is 0. The number of hydrogen-bond acceptors (Lipinski definition) is 2. The Morgan fingerprint density at radius 2 is 2.21 bits per heavy atom. The Bertz CT molecular complexity index is 417. The fourth-order valence-electron chi connectivity index (χ4n) is 1.77. The zero-order valence-corrected chi connectivity index (χ0v) is 8.33. The zero-order valence-electron chi connectivity index (χ0n) is 8.33. The molecule has 0 saturated carbocycles. The molecule has 0 heterocycles. The van der Waals surface area contributed by atoms with Crippen LogP contribution >= 0.6 is 0 Å². The van der Waals surface area contributed by atoms with E-state index < -0.39 is 0 Å². The van der Waals surface area contributed by atoms with Gasteiger partial charge in [0.25, 0.3) is 0 Å². The van der Waals surface area contributed by atoms with Crippen molar-refractivity contribution in [2.24, 2.45) is 0 Å². The summed E-state index contributed by atoms with van der Waals surface area (Å²) in [5.74, 6) is 0.367. The molecule has 0 unspecified atom stereocenters. The smallest absolute Gasteiger partial charge is 0.308 e. The number of rotatable bonds is 1. The van der Waals surface area contributed by atoms with E-state index in [4.69, 9.17) is 4.74 Å². The first-order chi connectivity index (χ1) is 6.66. The molecule has 2 heteroatoms. The van der Waals surface area contributed by atoms with Gasteiger partial charge in [0, 0.05) is 6.92 Å². The summed E-state index contributed by atoms with van der Waals surface area (Å²) < 4.78 is 5.05. The van der Waals surface area contributed by atoms with Crippen LogP contribution in [0.2, 0.25) is 0 Å². The highest BCUT2D eigenvalue weighted by Crippen LogP contribution is 2.28. The summed E-state index contributed by atoms with van der Waals surface area (Å²) in [5, 5.41) is 0. The van der Waals surface area contributed by atoms with Crippen molar-refractivity contribution in [3.63, 3.8) is 0 Å². The number of hydrogen-bond donors (Lipinski definition) is 0. The van der Waals surface area contributed by atoms with Crippen molar-refractivity contribution < 1.29 is 9.53 Å². The number of esters is 1. The standard InChI is InChI=1S/C12H12O2/c1-8-6-11(14-9(2)13)7-10-4-3-5-12(8)10/h3-4,6-7H,5H2,1-2H3. The van der Waals surface area contributed by atoms with Crippen LogP contribution in [-0.4, -0.2) is 5.97 Å². The summed E-state index contributed by atoms with van der Waals surface area (Å²) in [4.78, 5) is 10.8. The molecule has 1 aliphatic rings. The summed E-state index contributed by atoms with van der Waals surface area (Å²) in [5.41, 5.74) is 3.69. The average molecular weight is 188 g/mol. The second kappa shape index (κ2) is 3.29. The van der Waals surface area contributed by atoms with Gasteiger partial charge >= 0.3 is 5.97 Å². The van der Waals surface area contributed by atoms with Crippen LogP contribution in [0.25, 0.3) is 6.08 Å². The molecule has 0 aromatic heterocycles. The van der Waals surface area contributed by atoms with Crippen LogP contribution in [0.5, 0.6) is 5.75 Å². The van der Waals surface area contributed by atoms with Gasteiger partial charge < -0.3 is 4.74 Å². The first-order valence-electron chi connectivity index (χ1n) is 4.65. The minimum absolute atomic E-state index is 0.272. The third kappa shape index (κ3) is 1.55.